The number of hydrogen-bond acceptors (Lipinski definition) is 2. The summed E-state index contributed by atoms with van der Waals surface area (Å²) in [5.74, 6) is -0.444. The van der Waals surface area contributed by atoms with E-state index in [1.807, 2.05) is 0 Å². The zero-order chi connectivity index (χ0) is 20.5. The molecule has 0 saturated heterocycles. The van der Waals surface area contributed by atoms with Crippen LogP contribution in [0, 0.1) is 23.0 Å². The summed E-state index contributed by atoms with van der Waals surface area (Å²) in [5, 5.41) is 9.66. The molecule has 0 spiro atoms. The van der Waals surface area contributed by atoms with Crippen LogP contribution in [0.5, 0.6) is 0 Å². The molecule has 1 fully saturated rings. The summed E-state index contributed by atoms with van der Waals surface area (Å²) in [6, 6.07) is 11.0. The van der Waals surface area contributed by atoms with E-state index >= 15 is 4.39 Å². The summed E-state index contributed by atoms with van der Waals surface area (Å²) in [5.41, 5.74) is 1.23. The lowest BCUT2D eigenvalue weighted by Crippen LogP contribution is -2.13. The Bertz CT molecular complexity index is 1110. The second-order valence-electron chi connectivity index (χ2n) is 7.15. The lowest BCUT2D eigenvalue weighted by atomic mass is 9.88. The minimum Gasteiger partial charge on any atom is -0.292 e. The maximum Gasteiger partial charge on any atom is 0.167 e. The molecule has 3 nitrogen and oxygen atoms in total. The smallest absolute Gasteiger partial charge is 0.167 e. The average Bonchev–Trinajstić information content (AvgIpc) is 3.12. The molecular weight excluding hydrogens is 415 g/mol. The lowest BCUT2D eigenvalue weighted by molar-refractivity contribution is 0.425. The Morgan fingerprint density at radius 3 is 2.48 bits per heavy atom. The first kappa shape index (κ1) is 19.9. The summed E-state index contributed by atoms with van der Waals surface area (Å²) in [6.45, 7) is 0. The van der Waals surface area contributed by atoms with Gasteiger partial charge in [-0.15, -0.1) is 0 Å². The standard InChI is InChI=1S/C22H17Cl2F2N3/c23-15-7-4-8-19(20(15)26)29-21(14-9-10-17(25)16(24)11-14)18(12-27)28-22(29)13-5-2-1-3-6-13/h4,7-11,13H,1-3,5-6H2. The van der Waals surface area contributed by atoms with Gasteiger partial charge in [0, 0.05) is 11.5 Å². The Morgan fingerprint density at radius 2 is 1.79 bits per heavy atom. The average molecular weight is 432 g/mol. The molecule has 29 heavy (non-hydrogen) atoms. The van der Waals surface area contributed by atoms with Gasteiger partial charge in [0.15, 0.2) is 11.5 Å². The van der Waals surface area contributed by atoms with E-state index in [4.69, 9.17) is 23.2 Å². The van der Waals surface area contributed by atoms with Crippen molar-refractivity contribution >= 4 is 23.2 Å². The van der Waals surface area contributed by atoms with Crippen molar-refractivity contribution in [3.8, 4) is 23.0 Å². The molecule has 1 aliphatic rings. The minimum atomic E-state index is -0.595. The van der Waals surface area contributed by atoms with Crippen molar-refractivity contribution in [2.75, 3.05) is 0 Å². The van der Waals surface area contributed by atoms with E-state index in [9.17, 15) is 9.65 Å². The number of benzene rings is 2. The molecule has 0 radical (unpaired) electrons. The van der Waals surface area contributed by atoms with Crippen molar-refractivity contribution in [3.63, 3.8) is 0 Å². The zero-order valence-corrected chi connectivity index (χ0v) is 16.9. The number of nitriles is 1. The molecule has 0 amide bonds. The normalized spacial score (nSPS) is 14.7. The molecule has 1 heterocycles. The molecule has 2 aromatic carbocycles. The van der Waals surface area contributed by atoms with Crippen LogP contribution in [0.4, 0.5) is 8.78 Å². The van der Waals surface area contributed by atoms with Gasteiger partial charge in [-0.25, -0.2) is 13.8 Å². The summed E-state index contributed by atoms with van der Waals surface area (Å²) in [4.78, 5) is 4.58. The third-order valence-electron chi connectivity index (χ3n) is 5.34. The van der Waals surface area contributed by atoms with E-state index in [0.717, 1.165) is 32.1 Å². The van der Waals surface area contributed by atoms with E-state index in [1.54, 1.807) is 16.7 Å². The highest BCUT2D eigenvalue weighted by atomic mass is 35.5. The highest BCUT2D eigenvalue weighted by Crippen LogP contribution is 2.39. The Labute approximate surface area is 177 Å². The molecule has 1 aliphatic carbocycles. The van der Waals surface area contributed by atoms with Crippen LogP contribution in [0.15, 0.2) is 36.4 Å². The molecule has 0 unspecified atom stereocenters. The first-order chi connectivity index (χ1) is 14.0. The van der Waals surface area contributed by atoms with E-state index < -0.39 is 11.6 Å². The molecule has 148 valence electrons. The molecular formula is C22H17Cl2F2N3. The summed E-state index contributed by atoms with van der Waals surface area (Å²) in [6.07, 6.45) is 5.07. The molecule has 0 atom stereocenters. The molecule has 0 aliphatic heterocycles. The fourth-order valence-corrected chi connectivity index (χ4v) is 4.32. The summed E-state index contributed by atoms with van der Waals surface area (Å²) in [7, 11) is 0. The van der Waals surface area contributed by atoms with Crippen LogP contribution < -0.4 is 0 Å². The van der Waals surface area contributed by atoms with Crippen LogP contribution in [0.25, 0.3) is 16.9 Å². The van der Waals surface area contributed by atoms with Crippen molar-refractivity contribution in [3.05, 3.63) is 69.6 Å². The summed E-state index contributed by atoms with van der Waals surface area (Å²) >= 11 is 12.0. The predicted octanol–water partition coefficient (Wildman–Crippen LogP) is 7.04. The van der Waals surface area contributed by atoms with Crippen LogP contribution in [-0.4, -0.2) is 9.55 Å². The van der Waals surface area contributed by atoms with Crippen LogP contribution in [0.1, 0.15) is 49.5 Å². The van der Waals surface area contributed by atoms with Gasteiger partial charge < -0.3 is 0 Å². The number of aromatic nitrogens is 2. The van der Waals surface area contributed by atoms with E-state index in [-0.39, 0.29) is 27.3 Å². The number of hydrogen-bond donors (Lipinski definition) is 0. The topological polar surface area (TPSA) is 41.6 Å². The first-order valence-corrected chi connectivity index (χ1v) is 10.2. The Morgan fingerprint density at radius 1 is 1.03 bits per heavy atom. The Balaban J connectivity index is 2.03. The SMILES string of the molecule is N#Cc1nc(C2CCCCC2)n(-c2cccc(Cl)c2F)c1-c1ccc(F)c(Cl)c1. The lowest BCUT2D eigenvalue weighted by Gasteiger charge is -2.23. The molecule has 4 rings (SSSR count). The van der Waals surface area contributed by atoms with Crippen molar-refractivity contribution in [2.45, 2.75) is 38.0 Å². The van der Waals surface area contributed by atoms with Crippen molar-refractivity contribution in [2.24, 2.45) is 0 Å². The largest absolute Gasteiger partial charge is 0.292 e. The van der Waals surface area contributed by atoms with Gasteiger partial charge in [0.2, 0.25) is 0 Å². The van der Waals surface area contributed by atoms with Gasteiger partial charge in [-0.1, -0.05) is 48.5 Å². The van der Waals surface area contributed by atoms with Gasteiger partial charge in [-0.3, -0.25) is 4.57 Å². The maximum absolute atomic E-state index is 15.0. The number of rotatable bonds is 3. The number of imidazole rings is 1. The Hall–Kier alpha value is -2.42. The van der Waals surface area contributed by atoms with Gasteiger partial charge in [-0.2, -0.15) is 5.26 Å². The van der Waals surface area contributed by atoms with Gasteiger partial charge in [0.05, 0.1) is 21.4 Å². The van der Waals surface area contributed by atoms with Gasteiger partial charge in [0.25, 0.3) is 0 Å². The van der Waals surface area contributed by atoms with Crippen molar-refractivity contribution in [1.82, 2.24) is 9.55 Å². The van der Waals surface area contributed by atoms with Crippen LogP contribution in [-0.2, 0) is 0 Å². The first-order valence-electron chi connectivity index (χ1n) is 9.43. The molecule has 7 heteroatoms. The predicted molar refractivity (Wildman–Crippen MR) is 109 cm³/mol. The highest BCUT2D eigenvalue weighted by Gasteiger charge is 2.28. The van der Waals surface area contributed by atoms with E-state index in [2.05, 4.69) is 11.1 Å². The van der Waals surface area contributed by atoms with E-state index in [1.165, 1.54) is 24.3 Å². The fourth-order valence-electron chi connectivity index (χ4n) is 3.97. The second kappa shape index (κ2) is 8.14. The van der Waals surface area contributed by atoms with Crippen LogP contribution in [0.3, 0.4) is 0 Å². The van der Waals surface area contributed by atoms with Crippen LogP contribution >= 0.6 is 23.2 Å². The number of halogens is 4. The molecule has 1 aromatic heterocycles. The Kier molecular flexibility index (Phi) is 5.58. The third-order valence-corrected chi connectivity index (χ3v) is 5.93. The molecule has 0 N–H and O–H groups in total. The quantitative estimate of drug-likeness (QED) is 0.445. The second-order valence-corrected chi connectivity index (χ2v) is 7.97. The fraction of sp³-hybridized carbons (Fsp3) is 0.273. The van der Waals surface area contributed by atoms with E-state index in [0.29, 0.717) is 17.1 Å². The van der Waals surface area contributed by atoms with Gasteiger partial charge in [-0.05, 0) is 43.2 Å². The molecule has 1 saturated carbocycles. The van der Waals surface area contributed by atoms with Gasteiger partial charge in [0.1, 0.15) is 17.7 Å². The monoisotopic (exact) mass is 431 g/mol. The number of nitrogens with zero attached hydrogens (tertiary/aromatic N) is 3. The molecule has 0 bridgehead atoms. The van der Waals surface area contributed by atoms with Gasteiger partial charge >= 0.3 is 0 Å². The third kappa shape index (κ3) is 3.63. The minimum absolute atomic E-state index is 0.0209. The highest BCUT2D eigenvalue weighted by molar-refractivity contribution is 6.31. The van der Waals surface area contributed by atoms with Crippen molar-refractivity contribution in [1.29, 1.82) is 5.26 Å². The molecule has 3 aromatic rings. The zero-order valence-electron chi connectivity index (χ0n) is 15.4. The van der Waals surface area contributed by atoms with Crippen molar-refractivity contribution < 1.29 is 8.78 Å². The maximum atomic E-state index is 15.0. The van der Waals surface area contributed by atoms with Crippen LogP contribution in [0.2, 0.25) is 10.0 Å². The summed E-state index contributed by atoms with van der Waals surface area (Å²) < 4.78 is 30.4.